The first kappa shape index (κ1) is 12.4. The molecule has 3 aromatic rings. The molecule has 0 saturated carbocycles. The van der Waals surface area contributed by atoms with E-state index in [1.807, 2.05) is 0 Å². The van der Waals surface area contributed by atoms with Crippen molar-refractivity contribution in [2.24, 2.45) is 0 Å². The summed E-state index contributed by atoms with van der Waals surface area (Å²) in [6, 6.07) is 6.21. The predicted octanol–water partition coefficient (Wildman–Crippen LogP) is 2.04. The molecular formula is C14H11FN2O3. The molecule has 0 spiro atoms. The molecule has 0 aliphatic rings. The third kappa shape index (κ3) is 1.61. The number of benzene rings is 1. The van der Waals surface area contributed by atoms with Crippen molar-refractivity contribution < 1.29 is 14.3 Å². The van der Waals surface area contributed by atoms with Gasteiger partial charge in [0.25, 0.3) is 5.56 Å². The number of carboxylic acids is 1. The average Bonchev–Trinajstić information content (AvgIpc) is 2.88. The van der Waals surface area contributed by atoms with Gasteiger partial charge in [0.1, 0.15) is 17.4 Å². The van der Waals surface area contributed by atoms with Crippen molar-refractivity contribution in [2.45, 2.75) is 13.0 Å². The molecule has 1 unspecified atom stereocenters. The molecular weight excluding hydrogens is 263 g/mol. The summed E-state index contributed by atoms with van der Waals surface area (Å²) in [7, 11) is 0. The summed E-state index contributed by atoms with van der Waals surface area (Å²) in [4.78, 5) is 23.6. The number of nitrogens with zero attached hydrogens (tertiary/aromatic N) is 2. The van der Waals surface area contributed by atoms with Crippen LogP contribution in [0.3, 0.4) is 0 Å². The van der Waals surface area contributed by atoms with Crippen LogP contribution in [0.15, 0.2) is 41.3 Å². The van der Waals surface area contributed by atoms with E-state index in [1.54, 1.807) is 22.7 Å². The first-order chi connectivity index (χ1) is 9.50. The van der Waals surface area contributed by atoms with Gasteiger partial charge in [-0.3, -0.25) is 9.36 Å². The molecule has 0 radical (unpaired) electrons. The molecule has 1 aromatic carbocycles. The average molecular weight is 274 g/mol. The molecule has 0 saturated heterocycles. The standard InChI is InChI=1S/C14H11FN2O3/c1-8(14(19)20)17-12-7-9(15)4-5-10(12)16-6-2-3-11(16)13(17)18/h2-8H,1H3,(H,19,20). The van der Waals surface area contributed by atoms with Gasteiger partial charge in [-0.15, -0.1) is 0 Å². The molecule has 20 heavy (non-hydrogen) atoms. The van der Waals surface area contributed by atoms with Crippen molar-refractivity contribution in [3.8, 4) is 0 Å². The quantitative estimate of drug-likeness (QED) is 0.777. The van der Waals surface area contributed by atoms with Gasteiger partial charge in [-0.1, -0.05) is 0 Å². The summed E-state index contributed by atoms with van der Waals surface area (Å²) >= 11 is 0. The number of halogens is 1. The van der Waals surface area contributed by atoms with E-state index in [9.17, 15) is 14.0 Å². The van der Waals surface area contributed by atoms with Crippen LogP contribution in [-0.2, 0) is 4.79 Å². The van der Waals surface area contributed by atoms with Gasteiger partial charge in [0.15, 0.2) is 0 Å². The summed E-state index contributed by atoms with van der Waals surface area (Å²) in [5.74, 6) is -1.66. The molecule has 1 atom stereocenters. The number of aromatic nitrogens is 2. The lowest BCUT2D eigenvalue weighted by atomic mass is 10.2. The zero-order chi connectivity index (χ0) is 14.4. The topological polar surface area (TPSA) is 63.7 Å². The van der Waals surface area contributed by atoms with E-state index in [0.717, 1.165) is 4.57 Å². The number of fused-ring (bicyclic) bond motifs is 3. The fraction of sp³-hybridized carbons (Fsp3) is 0.143. The largest absolute Gasteiger partial charge is 0.480 e. The Morgan fingerprint density at radius 1 is 1.25 bits per heavy atom. The Bertz CT molecular complexity index is 894. The summed E-state index contributed by atoms with van der Waals surface area (Å²) in [5, 5.41) is 9.15. The van der Waals surface area contributed by atoms with E-state index in [4.69, 9.17) is 5.11 Å². The maximum Gasteiger partial charge on any atom is 0.326 e. The van der Waals surface area contributed by atoms with E-state index in [0.29, 0.717) is 11.0 Å². The molecule has 2 heterocycles. The smallest absolute Gasteiger partial charge is 0.326 e. The van der Waals surface area contributed by atoms with Crippen LogP contribution in [0.5, 0.6) is 0 Å². The highest BCUT2D eigenvalue weighted by Gasteiger charge is 2.20. The minimum absolute atomic E-state index is 0.258. The first-order valence-electron chi connectivity index (χ1n) is 6.04. The molecule has 102 valence electrons. The van der Waals surface area contributed by atoms with Crippen LogP contribution >= 0.6 is 0 Å². The van der Waals surface area contributed by atoms with E-state index in [-0.39, 0.29) is 5.52 Å². The van der Waals surface area contributed by atoms with Crippen molar-refractivity contribution in [3.63, 3.8) is 0 Å². The molecule has 3 rings (SSSR count). The van der Waals surface area contributed by atoms with Crippen LogP contribution in [-0.4, -0.2) is 20.0 Å². The summed E-state index contributed by atoms with van der Waals surface area (Å²) in [6.45, 7) is 1.40. The van der Waals surface area contributed by atoms with Gasteiger partial charge in [0, 0.05) is 6.20 Å². The van der Waals surface area contributed by atoms with Crippen LogP contribution in [0.4, 0.5) is 4.39 Å². The second kappa shape index (κ2) is 4.19. The molecule has 0 amide bonds. The van der Waals surface area contributed by atoms with Crippen LogP contribution in [0, 0.1) is 5.82 Å². The summed E-state index contributed by atoms with van der Waals surface area (Å²) in [5.41, 5.74) is 0.743. The maximum absolute atomic E-state index is 13.5. The van der Waals surface area contributed by atoms with Gasteiger partial charge in [-0.25, -0.2) is 9.18 Å². The third-order valence-electron chi connectivity index (χ3n) is 3.39. The van der Waals surface area contributed by atoms with Gasteiger partial charge in [0.2, 0.25) is 0 Å². The van der Waals surface area contributed by atoms with Crippen LogP contribution in [0.1, 0.15) is 13.0 Å². The molecule has 5 nitrogen and oxygen atoms in total. The van der Waals surface area contributed by atoms with Crippen LogP contribution in [0.25, 0.3) is 16.6 Å². The fourth-order valence-electron chi connectivity index (χ4n) is 2.39. The van der Waals surface area contributed by atoms with Gasteiger partial charge >= 0.3 is 5.97 Å². The van der Waals surface area contributed by atoms with Crippen molar-refractivity contribution in [3.05, 3.63) is 52.7 Å². The number of rotatable bonds is 2. The van der Waals surface area contributed by atoms with Crippen LogP contribution in [0.2, 0.25) is 0 Å². The molecule has 0 aliphatic heterocycles. The number of hydrogen-bond acceptors (Lipinski definition) is 2. The molecule has 0 fully saturated rings. The van der Waals surface area contributed by atoms with E-state index in [1.165, 1.54) is 25.1 Å². The minimum atomic E-state index is -1.14. The Labute approximate surface area is 112 Å². The Balaban J connectivity index is 2.57. The van der Waals surface area contributed by atoms with Gasteiger partial charge < -0.3 is 9.51 Å². The van der Waals surface area contributed by atoms with Gasteiger partial charge in [0.05, 0.1) is 11.0 Å². The first-order valence-corrected chi connectivity index (χ1v) is 6.04. The SMILES string of the molecule is CC(C(=O)O)n1c(=O)c2cccn2c2ccc(F)cc21. The van der Waals surface area contributed by atoms with Crippen molar-refractivity contribution in [1.82, 2.24) is 8.97 Å². The second-order valence-electron chi connectivity index (χ2n) is 4.59. The molecule has 0 aliphatic carbocycles. The second-order valence-corrected chi connectivity index (χ2v) is 4.59. The highest BCUT2D eigenvalue weighted by molar-refractivity contribution is 5.82. The van der Waals surface area contributed by atoms with Crippen molar-refractivity contribution in [2.75, 3.05) is 0 Å². The highest BCUT2D eigenvalue weighted by Crippen LogP contribution is 2.19. The van der Waals surface area contributed by atoms with E-state index < -0.39 is 23.4 Å². The Kier molecular flexibility index (Phi) is 2.60. The normalized spacial score (nSPS) is 12.9. The lowest BCUT2D eigenvalue weighted by molar-refractivity contribution is -0.140. The Morgan fingerprint density at radius 3 is 2.70 bits per heavy atom. The van der Waals surface area contributed by atoms with Gasteiger partial charge in [-0.2, -0.15) is 0 Å². The number of hydrogen-bond donors (Lipinski definition) is 1. The van der Waals surface area contributed by atoms with E-state index >= 15 is 0 Å². The van der Waals surface area contributed by atoms with Gasteiger partial charge in [-0.05, 0) is 37.3 Å². The van der Waals surface area contributed by atoms with Crippen molar-refractivity contribution in [1.29, 1.82) is 0 Å². The summed E-state index contributed by atoms with van der Waals surface area (Å²) in [6.07, 6.45) is 1.69. The third-order valence-corrected chi connectivity index (χ3v) is 3.39. The summed E-state index contributed by atoms with van der Waals surface area (Å²) < 4.78 is 16.2. The predicted molar refractivity (Wildman–Crippen MR) is 71.5 cm³/mol. The fourth-order valence-corrected chi connectivity index (χ4v) is 2.39. The van der Waals surface area contributed by atoms with Crippen LogP contribution < -0.4 is 5.56 Å². The molecule has 0 bridgehead atoms. The Morgan fingerprint density at radius 2 is 2.00 bits per heavy atom. The monoisotopic (exact) mass is 274 g/mol. The zero-order valence-corrected chi connectivity index (χ0v) is 10.6. The highest BCUT2D eigenvalue weighted by atomic mass is 19.1. The molecule has 2 aromatic heterocycles. The lowest BCUT2D eigenvalue weighted by Crippen LogP contribution is -2.29. The number of carbonyl (C=O) groups is 1. The Hall–Kier alpha value is -2.63. The lowest BCUT2D eigenvalue weighted by Gasteiger charge is -2.16. The maximum atomic E-state index is 13.5. The molecule has 1 N–H and O–H groups in total. The van der Waals surface area contributed by atoms with E-state index in [2.05, 4.69) is 0 Å². The number of aliphatic carboxylic acids is 1. The zero-order valence-electron chi connectivity index (χ0n) is 10.6. The molecule has 6 heteroatoms. The minimum Gasteiger partial charge on any atom is -0.480 e. The van der Waals surface area contributed by atoms with Crippen molar-refractivity contribution >= 4 is 22.5 Å². The number of carboxylic acid groups (broad SMARTS) is 1.